The smallest absolute Gasteiger partial charge is 0.0411 e. The van der Waals surface area contributed by atoms with E-state index in [0.29, 0.717) is 6.04 Å². The highest BCUT2D eigenvalue weighted by Gasteiger charge is 2.23. The first kappa shape index (κ1) is 15.2. The van der Waals surface area contributed by atoms with Crippen LogP contribution in [0.5, 0.6) is 0 Å². The Kier molecular flexibility index (Phi) is 4.92. The van der Waals surface area contributed by atoms with Gasteiger partial charge in [0.2, 0.25) is 0 Å². The van der Waals surface area contributed by atoms with Gasteiger partial charge in [0, 0.05) is 44.6 Å². The molecule has 0 aliphatic carbocycles. The molecule has 1 fully saturated rings. The topological polar surface area (TPSA) is 18.5 Å². The van der Waals surface area contributed by atoms with Crippen LogP contribution < -0.4 is 15.1 Å². The van der Waals surface area contributed by atoms with Crippen molar-refractivity contribution in [2.45, 2.75) is 33.2 Å². The molecule has 1 aromatic carbocycles. The van der Waals surface area contributed by atoms with Crippen molar-refractivity contribution in [3.05, 3.63) is 23.8 Å². The number of hydrogen-bond acceptors (Lipinski definition) is 3. The zero-order chi connectivity index (χ0) is 14.7. The summed E-state index contributed by atoms with van der Waals surface area (Å²) in [5, 5.41) is 3.56. The van der Waals surface area contributed by atoms with Crippen molar-refractivity contribution >= 4 is 11.4 Å². The Morgan fingerprint density at radius 3 is 2.75 bits per heavy atom. The van der Waals surface area contributed by atoms with Crippen LogP contribution in [0.3, 0.4) is 0 Å². The SMILES string of the molecule is Cc1ccc(N2CCC(CNC(C)C)C2)cc1N(C)C. The van der Waals surface area contributed by atoms with E-state index in [2.05, 4.69) is 68.2 Å². The molecule has 1 aromatic rings. The average molecular weight is 275 g/mol. The van der Waals surface area contributed by atoms with Gasteiger partial charge in [-0.1, -0.05) is 19.9 Å². The zero-order valence-electron chi connectivity index (χ0n) is 13.6. The lowest BCUT2D eigenvalue weighted by molar-refractivity contribution is 0.480. The molecule has 0 amide bonds. The van der Waals surface area contributed by atoms with Crippen molar-refractivity contribution in [1.29, 1.82) is 0 Å². The minimum Gasteiger partial charge on any atom is -0.377 e. The van der Waals surface area contributed by atoms with Crippen LogP contribution in [0.4, 0.5) is 11.4 Å². The van der Waals surface area contributed by atoms with E-state index >= 15 is 0 Å². The number of hydrogen-bond donors (Lipinski definition) is 1. The largest absolute Gasteiger partial charge is 0.377 e. The highest BCUT2D eigenvalue weighted by atomic mass is 15.2. The summed E-state index contributed by atoms with van der Waals surface area (Å²) in [4.78, 5) is 4.73. The monoisotopic (exact) mass is 275 g/mol. The van der Waals surface area contributed by atoms with Crippen molar-refractivity contribution in [1.82, 2.24) is 5.32 Å². The number of anilines is 2. The Balaban J connectivity index is 2.01. The molecule has 1 atom stereocenters. The summed E-state index contributed by atoms with van der Waals surface area (Å²) < 4.78 is 0. The Bertz CT molecular complexity index is 440. The molecule has 0 bridgehead atoms. The van der Waals surface area contributed by atoms with Gasteiger partial charge in [0.1, 0.15) is 0 Å². The molecule has 1 heterocycles. The van der Waals surface area contributed by atoms with Crippen LogP contribution in [0.1, 0.15) is 25.8 Å². The van der Waals surface area contributed by atoms with Crippen LogP contribution in [-0.2, 0) is 0 Å². The van der Waals surface area contributed by atoms with Gasteiger partial charge in [-0.3, -0.25) is 0 Å². The van der Waals surface area contributed by atoms with Crippen LogP contribution >= 0.6 is 0 Å². The van der Waals surface area contributed by atoms with Gasteiger partial charge in [-0.2, -0.15) is 0 Å². The lowest BCUT2D eigenvalue weighted by Crippen LogP contribution is -2.30. The predicted molar refractivity (Wildman–Crippen MR) is 89.0 cm³/mol. The quantitative estimate of drug-likeness (QED) is 0.891. The normalized spacial score (nSPS) is 18.9. The summed E-state index contributed by atoms with van der Waals surface area (Å²) in [5.41, 5.74) is 4.04. The summed E-state index contributed by atoms with van der Waals surface area (Å²) in [5.74, 6) is 0.779. The number of aryl methyl sites for hydroxylation is 1. The first-order valence-electron chi connectivity index (χ1n) is 7.73. The summed E-state index contributed by atoms with van der Waals surface area (Å²) in [6.07, 6.45) is 1.30. The number of benzene rings is 1. The summed E-state index contributed by atoms with van der Waals surface area (Å²) in [7, 11) is 4.23. The fraction of sp³-hybridized carbons (Fsp3) is 0.647. The summed E-state index contributed by atoms with van der Waals surface area (Å²) >= 11 is 0. The molecule has 1 aliphatic heterocycles. The molecule has 0 aromatic heterocycles. The van der Waals surface area contributed by atoms with E-state index in [1.165, 1.54) is 36.4 Å². The standard InChI is InChI=1S/C17H29N3/c1-13(2)18-11-15-8-9-20(12-15)16-7-6-14(3)17(10-16)19(4)5/h6-7,10,13,15,18H,8-9,11-12H2,1-5H3. The lowest BCUT2D eigenvalue weighted by atomic mass is 10.1. The third-order valence-corrected chi connectivity index (χ3v) is 4.14. The minimum atomic E-state index is 0.587. The number of nitrogens with zero attached hydrogens (tertiary/aromatic N) is 2. The van der Waals surface area contributed by atoms with Crippen molar-refractivity contribution < 1.29 is 0 Å². The molecule has 0 saturated carbocycles. The van der Waals surface area contributed by atoms with Crippen LogP contribution in [0.2, 0.25) is 0 Å². The molecule has 0 radical (unpaired) electrons. The molecular weight excluding hydrogens is 246 g/mol. The fourth-order valence-corrected chi connectivity index (χ4v) is 2.91. The summed E-state index contributed by atoms with van der Waals surface area (Å²) in [6, 6.07) is 7.42. The van der Waals surface area contributed by atoms with Crippen LogP contribution in [0.15, 0.2) is 18.2 Å². The maximum absolute atomic E-state index is 3.56. The van der Waals surface area contributed by atoms with Gasteiger partial charge in [0.05, 0.1) is 0 Å². The van der Waals surface area contributed by atoms with Crippen molar-refractivity contribution in [2.75, 3.05) is 43.5 Å². The van der Waals surface area contributed by atoms with Crippen molar-refractivity contribution in [2.24, 2.45) is 5.92 Å². The maximum Gasteiger partial charge on any atom is 0.0411 e. The van der Waals surface area contributed by atoms with E-state index in [0.717, 1.165) is 12.5 Å². The van der Waals surface area contributed by atoms with Gasteiger partial charge < -0.3 is 15.1 Å². The zero-order valence-corrected chi connectivity index (χ0v) is 13.6. The predicted octanol–water partition coefficient (Wildman–Crippen LogP) is 2.89. The third-order valence-electron chi connectivity index (χ3n) is 4.14. The van der Waals surface area contributed by atoms with E-state index in [9.17, 15) is 0 Å². The first-order chi connectivity index (χ1) is 9.47. The van der Waals surface area contributed by atoms with E-state index in [-0.39, 0.29) is 0 Å². The van der Waals surface area contributed by atoms with Crippen LogP contribution in [0, 0.1) is 12.8 Å². The van der Waals surface area contributed by atoms with Crippen molar-refractivity contribution in [3.8, 4) is 0 Å². The van der Waals surface area contributed by atoms with Crippen LogP contribution in [-0.4, -0.2) is 39.8 Å². The third kappa shape index (κ3) is 3.66. The van der Waals surface area contributed by atoms with E-state index < -0.39 is 0 Å². The molecule has 2 rings (SSSR count). The molecule has 1 N–H and O–H groups in total. The van der Waals surface area contributed by atoms with Gasteiger partial charge in [0.15, 0.2) is 0 Å². The van der Waals surface area contributed by atoms with Gasteiger partial charge >= 0.3 is 0 Å². The number of rotatable bonds is 5. The summed E-state index contributed by atoms with van der Waals surface area (Å²) in [6.45, 7) is 10.1. The molecule has 1 unspecified atom stereocenters. The molecule has 3 heteroatoms. The molecular formula is C17H29N3. The molecule has 3 nitrogen and oxygen atoms in total. The average Bonchev–Trinajstić information content (AvgIpc) is 2.85. The maximum atomic E-state index is 3.56. The highest BCUT2D eigenvalue weighted by Crippen LogP contribution is 2.29. The molecule has 0 spiro atoms. The Hall–Kier alpha value is -1.22. The van der Waals surface area contributed by atoms with E-state index in [1.807, 2.05) is 0 Å². The minimum absolute atomic E-state index is 0.587. The van der Waals surface area contributed by atoms with Gasteiger partial charge in [-0.05, 0) is 43.5 Å². The van der Waals surface area contributed by atoms with Crippen LogP contribution in [0.25, 0.3) is 0 Å². The Morgan fingerprint density at radius 2 is 2.10 bits per heavy atom. The number of nitrogens with one attached hydrogen (secondary N) is 1. The van der Waals surface area contributed by atoms with Gasteiger partial charge in [-0.25, -0.2) is 0 Å². The Labute approximate surface area is 124 Å². The van der Waals surface area contributed by atoms with E-state index in [1.54, 1.807) is 0 Å². The van der Waals surface area contributed by atoms with Gasteiger partial charge in [0.25, 0.3) is 0 Å². The van der Waals surface area contributed by atoms with E-state index in [4.69, 9.17) is 0 Å². The molecule has 20 heavy (non-hydrogen) atoms. The molecule has 112 valence electrons. The second-order valence-electron chi connectivity index (χ2n) is 6.53. The first-order valence-corrected chi connectivity index (χ1v) is 7.73. The lowest BCUT2D eigenvalue weighted by Gasteiger charge is -2.23. The fourth-order valence-electron chi connectivity index (χ4n) is 2.91. The second kappa shape index (κ2) is 6.49. The van der Waals surface area contributed by atoms with Crippen molar-refractivity contribution in [3.63, 3.8) is 0 Å². The Morgan fingerprint density at radius 1 is 1.35 bits per heavy atom. The molecule has 1 aliphatic rings. The molecule has 1 saturated heterocycles. The highest BCUT2D eigenvalue weighted by molar-refractivity contribution is 5.63. The van der Waals surface area contributed by atoms with Gasteiger partial charge in [-0.15, -0.1) is 0 Å². The second-order valence-corrected chi connectivity index (χ2v) is 6.53.